The van der Waals surface area contributed by atoms with Crippen molar-refractivity contribution >= 4 is 40.6 Å². The second-order valence-electron chi connectivity index (χ2n) is 5.92. The van der Waals surface area contributed by atoms with Gasteiger partial charge < -0.3 is 10.6 Å². The molecule has 2 aromatic rings. The fraction of sp³-hybridized carbons (Fsp3) is 0.375. The molecule has 2 bridgehead atoms. The lowest BCUT2D eigenvalue weighted by Gasteiger charge is -2.21. The van der Waals surface area contributed by atoms with Gasteiger partial charge in [0.2, 0.25) is 0 Å². The highest BCUT2D eigenvalue weighted by atomic mass is 35.5. The first-order valence-electron chi connectivity index (χ1n) is 7.63. The van der Waals surface area contributed by atoms with E-state index in [0.29, 0.717) is 22.0 Å². The number of benzene rings is 1. The number of carbonyl (C=O) groups excluding carboxylic acids is 1. The second-order valence-corrected chi connectivity index (χ2v) is 8.90. The minimum atomic E-state index is 0.0122. The summed E-state index contributed by atoms with van der Waals surface area (Å²) in [5.74, 6) is 0.0122. The molecule has 1 aromatic carbocycles. The number of fused-ring (bicyclic) bond motifs is 2. The van der Waals surface area contributed by atoms with E-state index in [2.05, 4.69) is 15.6 Å². The van der Waals surface area contributed by atoms with Gasteiger partial charge in [-0.05, 0) is 43.5 Å². The predicted molar refractivity (Wildman–Crippen MR) is 93.5 cm³/mol. The maximum absolute atomic E-state index is 12.4. The normalized spacial score (nSPS) is 25.7. The van der Waals surface area contributed by atoms with Gasteiger partial charge in [-0.1, -0.05) is 34.7 Å². The number of rotatable bonds is 4. The minimum Gasteiger partial charge on any atom is -0.348 e. The van der Waals surface area contributed by atoms with Gasteiger partial charge in [0.25, 0.3) is 5.91 Å². The number of nitrogens with one attached hydrogen (secondary N) is 2. The number of hydrogen-bond donors (Lipinski definition) is 2. The van der Waals surface area contributed by atoms with Crippen LogP contribution in [0.1, 0.15) is 29.6 Å². The summed E-state index contributed by atoms with van der Waals surface area (Å²) in [6, 6.07) is 8.96. The molecule has 7 heteroatoms. The van der Waals surface area contributed by atoms with Gasteiger partial charge >= 0.3 is 0 Å². The minimum absolute atomic E-state index is 0.0122. The van der Waals surface area contributed by atoms with E-state index in [-0.39, 0.29) is 11.9 Å². The van der Waals surface area contributed by atoms with Crippen molar-refractivity contribution in [2.24, 2.45) is 0 Å². The molecule has 2 fully saturated rings. The number of nitrogens with zero attached hydrogens (tertiary/aromatic N) is 1. The maximum Gasteiger partial charge on any atom is 0.251 e. The van der Waals surface area contributed by atoms with Crippen LogP contribution in [0.2, 0.25) is 4.34 Å². The average Bonchev–Trinajstić information content (AvgIpc) is 3.25. The second kappa shape index (κ2) is 6.43. The Morgan fingerprint density at radius 2 is 2.17 bits per heavy atom. The lowest BCUT2D eigenvalue weighted by Crippen LogP contribution is -2.42. The molecule has 1 aromatic heterocycles. The molecular formula is C16H16ClN3OS2. The molecule has 23 heavy (non-hydrogen) atoms. The van der Waals surface area contributed by atoms with Crippen LogP contribution in [0.25, 0.3) is 0 Å². The SMILES string of the molecule is O=C(N[C@@H]1C[C@H]2CC[C@@H]1N2)c1ccc(Sc2ncc(Cl)s2)cc1. The van der Waals surface area contributed by atoms with Crippen LogP contribution in [0.4, 0.5) is 0 Å². The Hall–Kier alpha value is -1.08. The quantitative estimate of drug-likeness (QED) is 0.869. The van der Waals surface area contributed by atoms with Gasteiger partial charge in [-0.3, -0.25) is 4.79 Å². The number of carbonyl (C=O) groups is 1. The molecule has 4 nitrogen and oxygen atoms in total. The van der Waals surface area contributed by atoms with E-state index in [1.54, 1.807) is 18.0 Å². The summed E-state index contributed by atoms with van der Waals surface area (Å²) in [6.45, 7) is 0. The van der Waals surface area contributed by atoms with Gasteiger partial charge in [-0.2, -0.15) is 0 Å². The lowest BCUT2D eigenvalue weighted by molar-refractivity contribution is 0.0931. The van der Waals surface area contributed by atoms with Gasteiger partial charge in [-0.25, -0.2) is 4.98 Å². The van der Waals surface area contributed by atoms with Gasteiger partial charge in [0.15, 0.2) is 4.34 Å². The third-order valence-electron chi connectivity index (χ3n) is 4.39. The van der Waals surface area contributed by atoms with Crippen LogP contribution in [0, 0.1) is 0 Å². The van der Waals surface area contributed by atoms with E-state index in [1.807, 2.05) is 24.3 Å². The molecule has 3 atom stereocenters. The highest BCUT2D eigenvalue weighted by molar-refractivity contribution is 8.01. The standard InChI is InChI=1S/C16H16ClN3OS2/c17-14-8-18-16(23-14)22-11-4-1-9(2-5-11)15(21)20-13-7-10-3-6-12(13)19-10/h1-2,4-5,8,10,12-13,19H,3,6-7H2,(H,20,21)/t10-,12+,13-/m1/s1. The first kappa shape index (κ1) is 15.4. The number of aromatic nitrogens is 1. The van der Waals surface area contributed by atoms with Crippen molar-refractivity contribution < 1.29 is 4.79 Å². The predicted octanol–water partition coefficient (Wildman–Crippen LogP) is 3.57. The molecule has 1 amide bonds. The highest BCUT2D eigenvalue weighted by Gasteiger charge is 2.39. The number of amides is 1. The third kappa shape index (κ3) is 3.40. The van der Waals surface area contributed by atoms with Crippen molar-refractivity contribution in [3.63, 3.8) is 0 Å². The van der Waals surface area contributed by atoms with Crippen LogP contribution in [0.5, 0.6) is 0 Å². The topological polar surface area (TPSA) is 54.0 Å². The van der Waals surface area contributed by atoms with Crippen molar-refractivity contribution in [3.05, 3.63) is 40.4 Å². The molecule has 0 saturated carbocycles. The van der Waals surface area contributed by atoms with Gasteiger partial charge in [0, 0.05) is 28.6 Å². The van der Waals surface area contributed by atoms with Crippen LogP contribution in [0.15, 0.2) is 39.7 Å². The molecule has 2 saturated heterocycles. The van der Waals surface area contributed by atoms with E-state index in [1.165, 1.54) is 24.2 Å². The van der Waals surface area contributed by atoms with E-state index < -0.39 is 0 Å². The molecule has 0 aliphatic carbocycles. The molecule has 0 unspecified atom stereocenters. The first-order chi connectivity index (χ1) is 11.2. The Kier molecular flexibility index (Phi) is 4.32. The summed E-state index contributed by atoms with van der Waals surface area (Å²) in [5, 5.41) is 6.70. The van der Waals surface area contributed by atoms with Crippen LogP contribution in [0.3, 0.4) is 0 Å². The number of halogens is 1. The van der Waals surface area contributed by atoms with Crippen LogP contribution >= 0.6 is 34.7 Å². The summed E-state index contributed by atoms with van der Waals surface area (Å²) in [5.41, 5.74) is 0.703. The third-order valence-corrected chi connectivity index (χ3v) is 6.59. The molecule has 120 valence electrons. The van der Waals surface area contributed by atoms with Crippen molar-refractivity contribution in [2.45, 2.75) is 46.6 Å². The zero-order valence-electron chi connectivity index (χ0n) is 12.3. The van der Waals surface area contributed by atoms with Crippen LogP contribution < -0.4 is 10.6 Å². The fourth-order valence-corrected chi connectivity index (χ4v) is 5.38. The Bertz CT molecular complexity index is 718. The smallest absolute Gasteiger partial charge is 0.251 e. The molecule has 3 heterocycles. The van der Waals surface area contributed by atoms with E-state index >= 15 is 0 Å². The number of hydrogen-bond acceptors (Lipinski definition) is 5. The van der Waals surface area contributed by atoms with Crippen molar-refractivity contribution in [1.82, 2.24) is 15.6 Å². The Morgan fingerprint density at radius 1 is 1.35 bits per heavy atom. The van der Waals surface area contributed by atoms with Crippen molar-refractivity contribution in [3.8, 4) is 0 Å². The van der Waals surface area contributed by atoms with E-state index in [9.17, 15) is 4.79 Å². The van der Waals surface area contributed by atoms with E-state index in [4.69, 9.17) is 11.6 Å². The average molecular weight is 366 g/mol. The van der Waals surface area contributed by atoms with Gasteiger partial charge in [0.1, 0.15) is 4.34 Å². The van der Waals surface area contributed by atoms with Crippen molar-refractivity contribution in [2.75, 3.05) is 0 Å². The van der Waals surface area contributed by atoms with Crippen LogP contribution in [-0.2, 0) is 0 Å². The first-order valence-corrected chi connectivity index (χ1v) is 9.64. The zero-order chi connectivity index (χ0) is 15.8. The molecule has 2 aliphatic heterocycles. The molecule has 4 rings (SSSR count). The summed E-state index contributed by atoms with van der Waals surface area (Å²) in [4.78, 5) is 17.6. The monoisotopic (exact) mass is 365 g/mol. The lowest BCUT2D eigenvalue weighted by atomic mass is 9.95. The van der Waals surface area contributed by atoms with Crippen LogP contribution in [-0.4, -0.2) is 29.0 Å². The Morgan fingerprint density at radius 3 is 2.78 bits per heavy atom. The maximum atomic E-state index is 12.4. The summed E-state index contributed by atoms with van der Waals surface area (Å²) in [6.07, 6.45) is 5.11. The Labute approximate surface area is 148 Å². The molecule has 0 radical (unpaired) electrons. The summed E-state index contributed by atoms with van der Waals surface area (Å²) >= 11 is 8.89. The Balaban J connectivity index is 1.38. The molecule has 2 N–H and O–H groups in total. The van der Waals surface area contributed by atoms with Crippen molar-refractivity contribution in [1.29, 1.82) is 0 Å². The molecular weight excluding hydrogens is 350 g/mol. The summed E-state index contributed by atoms with van der Waals surface area (Å²) < 4.78 is 1.59. The molecule has 0 spiro atoms. The zero-order valence-corrected chi connectivity index (χ0v) is 14.7. The van der Waals surface area contributed by atoms with Gasteiger partial charge in [-0.15, -0.1) is 0 Å². The summed E-state index contributed by atoms with van der Waals surface area (Å²) in [7, 11) is 0. The van der Waals surface area contributed by atoms with E-state index in [0.717, 1.165) is 15.7 Å². The highest BCUT2D eigenvalue weighted by Crippen LogP contribution is 2.33. The van der Waals surface area contributed by atoms with Gasteiger partial charge in [0.05, 0.1) is 6.20 Å². The molecule has 2 aliphatic rings. The largest absolute Gasteiger partial charge is 0.348 e. The number of thiazole rings is 1. The fourth-order valence-electron chi connectivity index (χ4n) is 3.30.